The Labute approximate surface area is 108 Å². The van der Waals surface area contributed by atoms with Gasteiger partial charge in [0, 0.05) is 18.0 Å². The lowest BCUT2D eigenvalue weighted by Gasteiger charge is -2.01. The van der Waals surface area contributed by atoms with E-state index in [0.29, 0.717) is 21.9 Å². The standard InChI is InChI=1S/C13H10ClN3O/c14-11-5-2-1-4-9(11)12-10(8-18)13-15-6-3-7-17(13)16-12/h1-7,18H,8H2. The van der Waals surface area contributed by atoms with E-state index in [4.69, 9.17) is 11.6 Å². The highest BCUT2D eigenvalue weighted by Gasteiger charge is 2.16. The fourth-order valence-corrected chi connectivity index (χ4v) is 2.17. The Bertz CT molecular complexity index is 708. The molecule has 0 aliphatic rings. The van der Waals surface area contributed by atoms with Crippen molar-refractivity contribution in [1.82, 2.24) is 14.6 Å². The van der Waals surface area contributed by atoms with Gasteiger partial charge in [0.1, 0.15) is 5.69 Å². The first-order valence-electron chi connectivity index (χ1n) is 5.49. The summed E-state index contributed by atoms with van der Waals surface area (Å²) in [5, 5.41) is 14.6. The van der Waals surface area contributed by atoms with Crippen molar-refractivity contribution in [2.24, 2.45) is 0 Å². The first-order chi connectivity index (χ1) is 8.81. The van der Waals surface area contributed by atoms with E-state index in [1.807, 2.05) is 18.2 Å². The van der Waals surface area contributed by atoms with E-state index in [-0.39, 0.29) is 6.61 Å². The van der Waals surface area contributed by atoms with Crippen LogP contribution in [0.15, 0.2) is 42.7 Å². The molecular weight excluding hydrogens is 250 g/mol. The molecule has 2 aromatic heterocycles. The molecule has 0 spiro atoms. The molecule has 90 valence electrons. The van der Waals surface area contributed by atoms with Gasteiger partial charge in [-0.15, -0.1) is 0 Å². The highest BCUT2D eigenvalue weighted by molar-refractivity contribution is 6.33. The minimum absolute atomic E-state index is 0.124. The molecule has 4 nitrogen and oxygen atoms in total. The number of aromatic nitrogens is 3. The number of rotatable bonds is 2. The van der Waals surface area contributed by atoms with E-state index in [1.54, 1.807) is 29.0 Å². The van der Waals surface area contributed by atoms with Gasteiger partial charge in [0.25, 0.3) is 0 Å². The normalized spacial score (nSPS) is 11.0. The van der Waals surface area contributed by atoms with Crippen molar-refractivity contribution in [3.05, 3.63) is 53.3 Å². The van der Waals surface area contributed by atoms with E-state index in [0.717, 1.165) is 5.56 Å². The third-order valence-electron chi connectivity index (χ3n) is 2.78. The number of hydrogen-bond acceptors (Lipinski definition) is 3. The smallest absolute Gasteiger partial charge is 0.161 e. The molecule has 0 saturated heterocycles. The molecule has 18 heavy (non-hydrogen) atoms. The van der Waals surface area contributed by atoms with E-state index in [9.17, 15) is 5.11 Å². The number of benzene rings is 1. The van der Waals surface area contributed by atoms with E-state index >= 15 is 0 Å². The van der Waals surface area contributed by atoms with Crippen LogP contribution in [0.25, 0.3) is 16.9 Å². The van der Waals surface area contributed by atoms with Crippen LogP contribution in [0.2, 0.25) is 5.02 Å². The Morgan fingerprint density at radius 1 is 1.22 bits per heavy atom. The summed E-state index contributed by atoms with van der Waals surface area (Å²) in [4.78, 5) is 4.23. The van der Waals surface area contributed by atoms with E-state index in [2.05, 4.69) is 10.1 Å². The van der Waals surface area contributed by atoms with Crippen LogP contribution in [-0.4, -0.2) is 19.7 Å². The molecule has 0 fully saturated rings. The minimum Gasteiger partial charge on any atom is -0.391 e. The van der Waals surface area contributed by atoms with Crippen LogP contribution in [0.3, 0.4) is 0 Å². The fraction of sp³-hybridized carbons (Fsp3) is 0.0769. The maximum Gasteiger partial charge on any atom is 0.161 e. The maximum atomic E-state index is 9.52. The lowest BCUT2D eigenvalue weighted by atomic mass is 10.1. The summed E-state index contributed by atoms with van der Waals surface area (Å²) in [6.45, 7) is -0.124. The van der Waals surface area contributed by atoms with Gasteiger partial charge in [-0.2, -0.15) is 5.10 Å². The van der Waals surface area contributed by atoms with Crippen molar-refractivity contribution < 1.29 is 5.11 Å². The molecule has 1 N–H and O–H groups in total. The Kier molecular flexibility index (Phi) is 2.74. The van der Waals surface area contributed by atoms with E-state index < -0.39 is 0 Å². The van der Waals surface area contributed by atoms with Crippen LogP contribution in [0.4, 0.5) is 0 Å². The summed E-state index contributed by atoms with van der Waals surface area (Å²) in [5.41, 5.74) is 2.80. The van der Waals surface area contributed by atoms with Gasteiger partial charge in [0.2, 0.25) is 0 Å². The number of aliphatic hydroxyl groups excluding tert-OH is 1. The zero-order chi connectivity index (χ0) is 12.5. The molecule has 0 atom stereocenters. The largest absolute Gasteiger partial charge is 0.391 e. The third-order valence-corrected chi connectivity index (χ3v) is 3.11. The van der Waals surface area contributed by atoms with Gasteiger partial charge in [0.05, 0.1) is 17.2 Å². The second-order valence-electron chi connectivity index (χ2n) is 3.85. The van der Waals surface area contributed by atoms with Crippen LogP contribution < -0.4 is 0 Å². The molecule has 5 heteroatoms. The van der Waals surface area contributed by atoms with Crippen molar-refractivity contribution in [2.45, 2.75) is 6.61 Å². The van der Waals surface area contributed by atoms with Crippen LogP contribution in [-0.2, 0) is 6.61 Å². The summed E-state index contributed by atoms with van der Waals surface area (Å²) in [6.07, 6.45) is 3.47. The van der Waals surface area contributed by atoms with Gasteiger partial charge in [0.15, 0.2) is 5.65 Å². The van der Waals surface area contributed by atoms with Crippen LogP contribution in [0, 0.1) is 0 Å². The van der Waals surface area contributed by atoms with Crippen LogP contribution in [0.5, 0.6) is 0 Å². The lowest BCUT2D eigenvalue weighted by Crippen LogP contribution is -1.89. The van der Waals surface area contributed by atoms with Crippen molar-refractivity contribution in [2.75, 3.05) is 0 Å². The van der Waals surface area contributed by atoms with Crippen molar-refractivity contribution in [3.63, 3.8) is 0 Å². The number of nitrogens with zero attached hydrogens (tertiary/aromatic N) is 3. The summed E-state index contributed by atoms with van der Waals surface area (Å²) in [5.74, 6) is 0. The van der Waals surface area contributed by atoms with Crippen LogP contribution >= 0.6 is 11.6 Å². The molecule has 3 aromatic rings. The monoisotopic (exact) mass is 259 g/mol. The zero-order valence-corrected chi connectivity index (χ0v) is 10.2. The second kappa shape index (κ2) is 4.40. The fourth-order valence-electron chi connectivity index (χ4n) is 1.95. The summed E-state index contributed by atoms with van der Waals surface area (Å²) in [7, 11) is 0. The average Bonchev–Trinajstić information content (AvgIpc) is 2.77. The van der Waals surface area contributed by atoms with Gasteiger partial charge >= 0.3 is 0 Å². The van der Waals surface area contributed by atoms with Gasteiger partial charge in [-0.1, -0.05) is 29.8 Å². The molecule has 3 rings (SSSR count). The summed E-state index contributed by atoms with van der Waals surface area (Å²) >= 11 is 6.16. The zero-order valence-electron chi connectivity index (χ0n) is 9.42. The van der Waals surface area contributed by atoms with Crippen molar-refractivity contribution >= 4 is 17.2 Å². The highest BCUT2D eigenvalue weighted by Crippen LogP contribution is 2.30. The molecule has 0 unspecified atom stereocenters. The first kappa shape index (κ1) is 11.2. The molecule has 0 aliphatic heterocycles. The Morgan fingerprint density at radius 3 is 2.83 bits per heavy atom. The second-order valence-corrected chi connectivity index (χ2v) is 4.26. The molecule has 2 heterocycles. The lowest BCUT2D eigenvalue weighted by molar-refractivity contribution is 0.283. The predicted molar refractivity (Wildman–Crippen MR) is 69.4 cm³/mol. The molecule has 0 bridgehead atoms. The molecule has 0 radical (unpaired) electrons. The number of aliphatic hydroxyl groups is 1. The maximum absolute atomic E-state index is 9.52. The minimum atomic E-state index is -0.124. The van der Waals surface area contributed by atoms with E-state index in [1.165, 1.54) is 0 Å². The molecular formula is C13H10ClN3O. The Hall–Kier alpha value is -1.91. The van der Waals surface area contributed by atoms with Gasteiger partial charge in [-0.05, 0) is 12.1 Å². The molecule has 0 amide bonds. The SMILES string of the molecule is OCc1c(-c2ccccc2Cl)nn2cccnc12. The van der Waals surface area contributed by atoms with Crippen molar-refractivity contribution in [1.29, 1.82) is 0 Å². The predicted octanol–water partition coefficient (Wildman–Crippen LogP) is 2.54. The van der Waals surface area contributed by atoms with Gasteiger partial charge < -0.3 is 5.11 Å². The van der Waals surface area contributed by atoms with Gasteiger partial charge in [-0.3, -0.25) is 0 Å². The summed E-state index contributed by atoms with van der Waals surface area (Å²) < 4.78 is 1.64. The summed E-state index contributed by atoms with van der Waals surface area (Å²) in [6, 6.07) is 9.22. The first-order valence-corrected chi connectivity index (χ1v) is 5.87. The van der Waals surface area contributed by atoms with Gasteiger partial charge in [-0.25, -0.2) is 9.50 Å². The third kappa shape index (κ3) is 1.66. The quantitative estimate of drug-likeness (QED) is 0.769. The molecule has 0 aliphatic carbocycles. The highest BCUT2D eigenvalue weighted by atomic mass is 35.5. The number of hydrogen-bond donors (Lipinski definition) is 1. The number of fused-ring (bicyclic) bond motifs is 1. The van der Waals surface area contributed by atoms with Crippen LogP contribution in [0.1, 0.15) is 5.56 Å². The topological polar surface area (TPSA) is 50.4 Å². The number of halogens is 1. The Balaban J connectivity index is 2.32. The average molecular weight is 260 g/mol. The molecule has 0 saturated carbocycles. The van der Waals surface area contributed by atoms with Crippen molar-refractivity contribution in [3.8, 4) is 11.3 Å². The Morgan fingerprint density at radius 2 is 2.06 bits per heavy atom. The molecule has 1 aromatic carbocycles.